The van der Waals surface area contributed by atoms with Gasteiger partial charge in [0.1, 0.15) is 0 Å². The molecule has 1 nitrogen and oxygen atoms in total. The number of aromatic nitrogens is 1. The molecule has 1 aromatic heterocycles. The number of rotatable bonds is 5. The van der Waals surface area contributed by atoms with E-state index >= 15 is 0 Å². The molecule has 0 bridgehead atoms. The predicted octanol–water partition coefficient (Wildman–Crippen LogP) is 3.54. The Morgan fingerprint density at radius 1 is 0.559 bits per heavy atom. The number of hydrogen-bond donors (Lipinski definition) is 0. The van der Waals surface area contributed by atoms with Gasteiger partial charge >= 0.3 is 219 Å². The summed E-state index contributed by atoms with van der Waals surface area (Å²) in [6, 6.07) is 44.9. The van der Waals surface area contributed by atoms with Crippen molar-refractivity contribution in [2.75, 3.05) is 0 Å². The summed E-state index contributed by atoms with van der Waals surface area (Å²) in [6.07, 6.45) is 0. The first-order chi connectivity index (χ1) is 16.6. The van der Waals surface area contributed by atoms with E-state index in [1.807, 2.05) is 0 Å². The van der Waals surface area contributed by atoms with Crippen LogP contribution in [0.25, 0.3) is 11.1 Å². The van der Waals surface area contributed by atoms with Crippen molar-refractivity contribution >= 4 is 56.9 Å². The second kappa shape index (κ2) is 9.78. The zero-order chi connectivity index (χ0) is 23.5. The third-order valence-corrected chi connectivity index (χ3v) is 12.2. The summed E-state index contributed by atoms with van der Waals surface area (Å²) in [5.74, 6) is 0. The van der Waals surface area contributed by atoms with Crippen LogP contribution in [0.2, 0.25) is 0 Å². The number of benzene rings is 4. The fraction of sp³-hybridized carbons (Fsp3) is 0.0645. The summed E-state index contributed by atoms with van der Waals surface area (Å²) in [7, 11) is -2.52. The van der Waals surface area contributed by atoms with Gasteiger partial charge in [0.25, 0.3) is 0 Å². The van der Waals surface area contributed by atoms with Gasteiger partial charge in [-0.2, -0.15) is 0 Å². The Labute approximate surface area is 218 Å². The van der Waals surface area contributed by atoms with Crippen molar-refractivity contribution in [3.05, 3.63) is 133 Å². The summed E-state index contributed by atoms with van der Waals surface area (Å²) in [6.45, 7) is 4.31. The fourth-order valence-electron chi connectivity index (χ4n) is 5.04. The summed E-state index contributed by atoms with van der Waals surface area (Å²) in [4.78, 5) is 4.66. The van der Waals surface area contributed by atoms with Gasteiger partial charge in [0, 0.05) is 0 Å². The molecule has 2 radical (unpaired) electrons. The van der Waals surface area contributed by atoms with Crippen molar-refractivity contribution in [3.8, 4) is 11.1 Å². The van der Waals surface area contributed by atoms with E-state index < -0.39 is 8.07 Å². The molecule has 34 heavy (non-hydrogen) atoms. The zero-order valence-electron chi connectivity index (χ0n) is 19.4. The van der Waals surface area contributed by atoms with Crippen molar-refractivity contribution in [1.82, 2.24) is 4.98 Å². The summed E-state index contributed by atoms with van der Waals surface area (Å²) < 4.78 is 1.16. The maximum atomic E-state index is 4.66. The molecule has 0 aliphatic carbocycles. The van der Waals surface area contributed by atoms with Crippen molar-refractivity contribution in [2.24, 2.45) is 0 Å². The molecule has 0 fully saturated rings. The van der Waals surface area contributed by atoms with Crippen LogP contribution in [0.4, 0.5) is 0 Å². The van der Waals surface area contributed by atoms with Crippen LogP contribution < -0.4 is 24.1 Å². The van der Waals surface area contributed by atoms with Crippen LogP contribution in [0.3, 0.4) is 0 Å². The molecule has 0 atom stereocenters. The van der Waals surface area contributed by atoms with Gasteiger partial charge in [-0.3, -0.25) is 0 Å². The molecule has 0 aliphatic heterocycles. The van der Waals surface area contributed by atoms with E-state index in [0.717, 1.165) is 9.10 Å². The van der Waals surface area contributed by atoms with E-state index in [0.29, 0.717) is 0 Å². The fourth-order valence-corrected chi connectivity index (χ4v) is 11.0. The third-order valence-electron chi connectivity index (χ3n) is 6.54. The number of hydrogen-bond acceptors (Lipinski definition) is 1. The minimum absolute atomic E-state index is 1.08. The third kappa shape index (κ3) is 4.19. The number of nitrogens with zero attached hydrogens (tertiary/aromatic N) is 1. The van der Waals surface area contributed by atoms with Crippen LogP contribution in [0, 0.1) is 13.8 Å². The molecule has 0 amide bonds. The second-order valence-corrected chi connectivity index (χ2v) is 14.3. The first-order valence-corrected chi connectivity index (χ1v) is 15.3. The first kappa shape index (κ1) is 22.9. The molecule has 0 saturated heterocycles. The van der Waals surface area contributed by atoms with Gasteiger partial charge in [-0.15, -0.1) is 0 Å². The molecular formula is C31H26BiNSi. The van der Waals surface area contributed by atoms with Crippen molar-refractivity contribution in [2.45, 2.75) is 13.8 Å². The quantitative estimate of drug-likeness (QED) is 0.210. The van der Waals surface area contributed by atoms with Gasteiger partial charge in [-0.05, 0) is 0 Å². The van der Waals surface area contributed by atoms with Crippen LogP contribution in [0.15, 0.2) is 121 Å². The normalized spacial score (nSPS) is 11.4. The van der Waals surface area contributed by atoms with Crippen molar-refractivity contribution < 1.29 is 0 Å². The predicted molar refractivity (Wildman–Crippen MR) is 148 cm³/mol. The Morgan fingerprint density at radius 2 is 1.06 bits per heavy atom. The summed E-state index contributed by atoms with van der Waals surface area (Å²) >= 11 is 1.17. The van der Waals surface area contributed by atoms with Gasteiger partial charge in [0.15, 0.2) is 0 Å². The topological polar surface area (TPSA) is 12.9 Å². The minimum atomic E-state index is -2.52. The molecule has 4 aromatic carbocycles. The van der Waals surface area contributed by atoms with Crippen LogP contribution in [-0.4, -0.2) is 37.8 Å². The molecule has 0 saturated carbocycles. The van der Waals surface area contributed by atoms with Gasteiger partial charge < -0.3 is 0 Å². The van der Waals surface area contributed by atoms with E-state index in [-0.39, 0.29) is 0 Å². The molecule has 0 N–H and O–H groups in total. The summed E-state index contributed by atoms with van der Waals surface area (Å²) in [5.41, 5.74) is 4.94. The second-order valence-electron chi connectivity index (χ2n) is 8.73. The molecule has 164 valence electrons. The van der Waals surface area contributed by atoms with Crippen LogP contribution in [0.1, 0.15) is 11.3 Å². The maximum absolute atomic E-state index is 4.66. The van der Waals surface area contributed by atoms with Gasteiger partial charge in [-0.1, -0.05) is 0 Å². The Balaban J connectivity index is 1.87. The standard InChI is InChI=1S/C31H26NSi.Bi/c1-24-18-19-30(23-31(24)26-20-21-32-25(2)22-26)33(27-12-6-3-7-13-27,28-14-8-4-9-15-28)29-16-10-5-11-17-29;/h3-20,22-23H,1-2H3;. The first-order valence-electron chi connectivity index (χ1n) is 11.5. The zero-order valence-corrected chi connectivity index (χ0v) is 23.9. The average molecular weight is 650 g/mol. The molecule has 0 spiro atoms. The molecule has 0 aliphatic rings. The van der Waals surface area contributed by atoms with Crippen molar-refractivity contribution in [1.29, 1.82) is 0 Å². The molecule has 5 aromatic rings. The van der Waals surface area contributed by atoms with E-state index in [4.69, 9.17) is 0 Å². The van der Waals surface area contributed by atoms with Gasteiger partial charge in [0.05, 0.1) is 0 Å². The van der Waals surface area contributed by atoms with Crippen LogP contribution in [0.5, 0.6) is 0 Å². The van der Waals surface area contributed by atoms with E-state index in [9.17, 15) is 0 Å². The van der Waals surface area contributed by atoms with E-state index in [1.165, 1.54) is 62.2 Å². The molecule has 3 heteroatoms. The number of aryl methyl sites for hydroxylation is 2. The van der Waals surface area contributed by atoms with E-state index in [1.54, 1.807) is 0 Å². The Kier molecular flexibility index (Phi) is 6.59. The molecular weight excluding hydrogens is 623 g/mol. The number of pyridine rings is 1. The van der Waals surface area contributed by atoms with Crippen molar-refractivity contribution in [3.63, 3.8) is 0 Å². The average Bonchev–Trinajstić information content (AvgIpc) is 2.87. The Morgan fingerprint density at radius 3 is 1.53 bits per heavy atom. The van der Waals surface area contributed by atoms with Crippen LogP contribution in [-0.2, 0) is 0 Å². The summed E-state index contributed by atoms with van der Waals surface area (Å²) in [5, 5.41) is 5.60. The van der Waals surface area contributed by atoms with Gasteiger partial charge in [-0.25, -0.2) is 0 Å². The molecule has 0 unspecified atom stereocenters. The Hall–Kier alpha value is -2.87. The van der Waals surface area contributed by atoms with Gasteiger partial charge in [0.2, 0.25) is 0 Å². The van der Waals surface area contributed by atoms with E-state index in [2.05, 4.69) is 140 Å². The van der Waals surface area contributed by atoms with Crippen LogP contribution >= 0.6 is 0 Å². The Bertz CT molecular complexity index is 1300. The molecule has 1 heterocycles. The molecule has 5 rings (SSSR count). The monoisotopic (exact) mass is 649 g/mol. The SMILES string of the molecule is Cc1cc(-c2cc([Si](c3ccccc3)(c3ccccc3)c3ccccc3)ccc2C)c[c]([Bi])n1.